The highest BCUT2D eigenvalue weighted by Gasteiger charge is 2.21. The number of aryl methyl sites for hydroxylation is 2. The molecule has 36 heavy (non-hydrogen) atoms. The lowest BCUT2D eigenvalue weighted by molar-refractivity contribution is -0.116. The summed E-state index contributed by atoms with van der Waals surface area (Å²) >= 11 is 0. The summed E-state index contributed by atoms with van der Waals surface area (Å²) < 4.78 is 8.83. The third-order valence-electron chi connectivity index (χ3n) is 6.16. The third kappa shape index (κ3) is 6.06. The van der Waals surface area contributed by atoms with Crippen molar-refractivity contribution in [2.24, 2.45) is 5.92 Å². The standard InChI is InChI=1S/C27H39N5O4/c1-8-9-14-31-24-23(25(34)30-26(31)35)32(16-17(2)3)21(29-24)12-13-22(33)28-19-15-18(27(4,5)6)10-11-20(19)36-7/h10-11,15,17H,8-9,12-14,16H2,1-7H3,(H,28,33)(H,30,34,35). The van der Waals surface area contributed by atoms with Gasteiger partial charge in [-0.2, -0.15) is 0 Å². The summed E-state index contributed by atoms with van der Waals surface area (Å²) in [6.45, 7) is 13.5. The van der Waals surface area contributed by atoms with Gasteiger partial charge in [0.25, 0.3) is 5.56 Å². The fraction of sp³-hybridized carbons (Fsp3) is 0.556. The Hall–Kier alpha value is -3.36. The van der Waals surface area contributed by atoms with Gasteiger partial charge >= 0.3 is 5.69 Å². The number of hydrogen-bond donors (Lipinski definition) is 2. The van der Waals surface area contributed by atoms with Gasteiger partial charge in [-0.1, -0.05) is 54.0 Å². The number of amides is 1. The monoisotopic (exact) mass is 497 g/mol. The first-order chi connectivity index (χ1) is 17.0. The summed E-state index contributed by atoms with van der Waals surface area (Å²) in [5, 5.41) is 2.97. The average molecular weight is 498 g/mol. The van der Waals surface area contributed by atoms with E-state index in [0.29, 0.717) is 47.9 Å². The van der Waals surface area contributed by atoms with Crippen LogP contribution in [0.25, 0.3) is 11.2 Å². The lowest BCUT2D eigenvalue weighted by atomic mass is 9.87. The third-order valence-corrected chi connectivity index (χ3v) is 6.16. The number of nitrogens with one attached hydrogen (secondary N) is 2. The number of imidazole rings is 1. The largest absolute Gasteiger partial charge is 0.495 e. The molecule has 1 amide bonds. The van der Waals surface area contributed by atoms with E-state index in [0.717, 1.165) is 18.4 Å². The van der Waals surface area contributed by atoms with Crippen molar-refractivity contribution in [1.82, 2.24) is 19.1 Å². The topological polar surface area (TPSA) is 111 Å². The van der Waals surface area contributed by atoms with Crippen LogP contribution in [0.2, 0.25) is 0 Å². The number of aromatic nitrogens is 4. The Labute approximate surface area is 211 Å². The first-order valence-corrected chi connectivity index (χ1v) is 12.7. The minimum absolute atomic E-state index is 0.0753. The number of benzene rings is 1. The van der Waals surface area contributed by atoms with E-state index in [9.17, 15) is 14.4 Å². The highest BCUT2D eigenvalue weighted by Crippen LogP contribution is 2.31. The van der Waals surface area contributed by atoms with Crippen molar-refractivity contribution in [3.8, 4) is 5.75 Å². The first-order valence-electron chi connectivity index (χ1n) is 12.7. The van der Waals surface area contributed by atoms with Gasteiger partial charge in [0.15, 0.2) is 11.2 Å². The molecular formula is C27H39N5O4. The Kier molecular flexibility index (Phi) is 8.43. The van der Waals surface area contributed by atoms with Crippen LogP contribution in [0.15, 0.2) is 27.8 Å². The van der Waals surface area contributed by atoms with Gasteiger partial charge in [-0.05, 0) is 35.4 Å². The van der Waals surface area contributed by atoms with Crippen molar-refractivity contribution < 1.29 is 9.53 Å². The molecule has 3 rings (SSSR count). The van der Waals surface area contributed by atoms with Gasteiger partial charge in [-0.3, -0.25) is 19.1 Å². The zero-order valence-corrected chi connectivity index (χ0v) is 22.5. The number of hydrogen-bond acceptors (Lipinski definition) is 5. The fourth-order valence-electron chi connectivity index (χ4n) is 4.20. The Morgan fingerprint density at radius 2 is 1.92 bits per heavy atom. The summed E-state index contributed by atoms with van der Waals surface area (Å²) in [5.74, 6) is 1.27. The molecule has 1 aromatic carbocycles. The number of methoxy groups -OCH3 is 1. The van der Waals surface area contributed by atoms with Crippen LogP contribution in [-0.4, -0.2) is 32.1 Å². The smallest absolute Gasteiger partial charge is 0.330 e. The van der Waals surface area contributed by atoms with E-state index in [-0.39, 0.29) is 23.7 Å². The molecule has 0 aliphatic carbocycles. The Balaban J connectivity index is 1.92. The summed E-state index contributed by atoms with van der Waals surface area (Å²) in [6, 6.07) is 5.80. The van der Waals surface area contributed by atoms with Crippen LogP contribution in [0.5, 0.6) is 5.75 Å². The van der Waals surface area contributed by atoms with Gasteiger partial charge in [0.2, 0.25) is 5.91 Å². The predicted molar refractivity (Wildman–Crippen MR) is 143 cm³/mol. The van der Waals surface area contributed by atoms with Gasteiger partial charge in [-0.25, -0.2) is 9.78 Å². The molecule has 0 saturated heterocycles. The molecule has 3 aromatic rings. The SMILES string of the molecule is CCCCn1c(=O)[nH]c(=O)c2c1nc(CCC(=O)Nc1cc(C(C)(C)C)ccc1OC)n2CC(C)C. The van der Waals surface area contributed by atoms with Gasteiger partial charge < -0.3 is 14.6 Å². The number of carbonyl (C=O) groups excluding carboxylic acids is 1. The van der Waals surface area contributed by atoms with Crippen LogP contribution in [0, 0.1) is 5.92 Å². The van der Waals surface area contributed by atoms with Crippen molar-refractivity contribution in [2.75, 3.05) is 12.4 Å². The van der Waals surface area contributed by atoms with Crippen LogP contribution in [0.4, 0.5) is 5.69 Å². The summed E-state index contributed by atoms with van der Waals surface area (Å²) in [4.78, 5) is 45.4. The molecule has 0 radical (unpaired) electrons. The van der Waals surface area contributed by atoms with Crippen molar-refractivity contribution >= 4 is 22.8 Å². The molecule has 2 N–H and O–H groups in total. The molecule has 2 heterocycles. The predicted octanol–water partition coefficient (Wildman–Crippen LogP) is 4.22. The molecule has 0 saturated carbocycles. The second-order valence-corrected chi connectivity index (χ2v) is 10.7. The van der Waals surface area contributed by atoms with Crippen molar-refractivity contribution in [3.63, 3.8) is 0 Å². The number of rotatable bonds is 10. The average Bonchev–Trinajstić information content (AvgIpc) is 3.14. The number of fused-ring (bicyclic) bond motifs is 1. The fourth-order valence-corrected chi connectivity index (χ4v) is 4.20. The van der Waals surface area contributed by atoms with Crippen LogP contribution in [0.1, 0.15) is 72.2 Å². The number of nitrogens with zero attached hydrogens (tertiary/aromatic N) is 3. The molecule has 9 heteroatoms. The van der Waals surface area contributed by atoms with Gasteiger partial charge in [-0.15, -0.1) is 0 Å². The second kappa shape index (κ2) is 11.1. The Bertz CT molecular complexity index is 1340. The summed E-state index contributed by atoms with van der Waals surface area (Å²) in [7, 11) is 1.58. The molecular weight excluding hydrogens is 458 g/mol. The highest BCUT2D eigenvalue weighted by molar-refractivity contribution is 5.92. The summed E-state index contributed by atoms with van der Waals surface area (Å²) in [6.07, 6.45) is 2.20. The van der Waals surface area contributed by atoms with Crippen molar-refractivity contribution in [1.29, 1.82) is 0 Å². The van der Waals surface area contributed by atoms with E-state index in [4.69, 9.17) is 9.72 Å². The lowest BCUT2D eigenvalue weighted by Crippen LogP contribution is -2.31. The van der Waals surface area contributed by atoms with Gasteiger partial charge in [0.05, 0.1) is 12.8 Å². The first kappa shape index (κ1) is 27.2. The van der Waals surface area contributed by atoms with Crippen LogP contribution in [0.3, 0.4) is 0 Å². The molecule has 0 atom stereocenters. The molecule has 9 nitrogen and oxygen atoms in total. The Morgan fingerprint density at radius 3 is 2.53 bits per heavy atom. The number of H-pyrrole nitrogens is 1. The minimum atomic E-state index is -0.453. The maximum Gasteiger partial charge on any atom is 0.330 e. The number of anilines is 1. The number of ether oxygens (including phenoxy) is 1. The second-order valence-electron chi connectivity index (χ2n) is 10.7. The number of carbonyl (C=O) groups is 1. The van der Waals surface area contributed by atoms with Crippen LogP contribution in [-0.2, 0) is 29.7 Å². The molecule has 0 aliphatic rings. The maximum atomic E-state index is 13.0. The van der Waals surface area contributed by atoms with Gasteiger partial charge in [0.1, 0.15) is 11.6 Å². The Morgan fingerprint density at radius 1 is 1.19 bits per heavy atom. The normalized spacial score (nSPS) is 11.9. The molecule has 0 unspecified atom stereocenters. The minimum Gasteiger partial charge on any atom is -0.495 e. The van der Waals surface area contributed by atoms with Crippen molar-refractivity contribution in [2.45, 2.75) is 85.7 Å². The zero-order valence-electron chi connectivity index (χ0n) is 22.5. The lowest BCUT2D eigenvalue weighted by Gasteiger charge is -2.21. The summed E-state index contributed by atoms with van der Waals surface area (Å²) in [5.41, 5.74) is 1.49. The van der Waals surface area contributed by atoms with E-state index >= 15 is 0 Å². The molecule has 196 valence electrons. The van der Waals surface area contributed by atoms with E-state index in [1.54, 1.807) is 7.11 Å². The molecule has 0 spiro atoms. The van der Waals surface area contributed by atoms with E-state index in [1.807, 2.05) is 29.7 Å². The number of aromatic amines is 1. The van der Waals surface area contributed by atoms with Crippen molar-refractivity contribution in [3.05, 3.63) is 50.4 Å². The molecule has 0 fully saturated rings. The van der Waals surface area contributed by atoms with E-state index in [2.05, 4.69) is 44.9 Å². The quantitative estimate of drug-likeness (QED) is 0.436. The molecule has 0 bridgehead atoms. The van der Waals surface area contributed by atoms with Gasteiger partial charge in [0, 0.05) is 25.9 Å². The molecule has 2 aromatic heterocycles. The van der Waals surface area contributed by atoms with Crippen LogP contribution >= 0.6 is 0 Å². The van der Waals surface area contributed by atoms with E-state index < -0.39 is 11.2 Å². The number of unbranched alkanes of at least 4 members (excludes halogenated alkanes) is 1. The highest BCUT2D eigenvalue weighted by atomic mass is 16.5. The zero-order chi connectivity index (χ0) is 26.6. The maximum absolute atomic E-state index is 13.0. The van der Waals surface area contributed by atoms with Crippen LogP contribution < -0.4 is 21.3 Å². The van der Waals surface area contributed by atoms with E-state index in [1.165, 1.54) is 4.57 Å². The molecule has 0 aliphatic heterocycles.